The van der Waals surface area contributed by atoms with Crippen molar-refractivity contribution < 1.29 is 18.0 Å². The number of aromatic amines is 1. The minimum atomic E-state index is -0.670. The number of rotatable bonds is 6. The molecule has 1 aliphatic heterocycles. The van der Waals surface area contributed by atoms with Gasteiger partial charge in [0.25, 0.3) is 5.91 Å². The third kappa shape index (κ3) is 4.50. The van der Waals surface area contributed by atoms with Gasteiger partial charge in [0.15, 0.2) is 0 Å². The third-order valence-electron chi connectivity index (χ3n) is 6.49. The fourth-order valence-electron chi connectivity index (χ4n) is 4.89. The fraction of sp³-hybridized carbons (Fsp3) is 0.346. The topological polar surface area (TPSA) is 52.5 Å². The van der Waals surface area contributed by atoms with E-state index in [0.717, 1.165) is 55.3 Å². The molecule has 0 bridgehead atoms. The Morgan fingerprint density at radius 2 is 2.06 bits per heavy atom. The molecule has 0 aliphatic carbocycles. The normalized spacial score (nSPS) is 17.1. The fourth-order valence-corrected chi connectivity index (χ4v) is 4.89. The van der Waals surface area contributed by atoms with Crippen molar-refractivity contribution in [3.63, 3.8) is 0 Å². The summed E-state index contributed by atoms with van der Waals surface area (Å²) in [6, 6.07) is 13.6. The highest BCUT2D eigenvalue weighted by Gasteiger charge is 2.26. The number of hydrogen-bond acceptors (Lipinski definition) is 3. The maximum Gasteiger partial charge on any atom is 0.270 e. The number of para-hydroxylation sites is 1. The monoisotopic (exact) mass is 451 g/mol. The molecular weight excluding hydrogens is 424 g/mol. The lowest BCUT2D eigenvalue weighted by Crippen LogP contribution is -2.42. The molecule has 1 amide bonds. The van der Waals surface area contributed by atoms with E-state index in [0.29, 0.717) is 24.5 Å². The molecule has 0 radical (unpaired) electrons. The van der Waals surface area contributed by atoms with Crippen molar-refractivity contribution in [2.45, 2.75) is 26.3 Å². The smallest absolute Gasteiger partial charge is 0.270 e. The van der Waals surface area contributed by atoms with Gasteiger partial charge in [-0.1, -0.05) is 18.2 Å². The molecular formula is C26H27F2N3O2. The zero-order chi connectivity index (χ0) is 22.9. The predicted octanol–water partition coefficient (Wildman–Crippen LogP) is 5.57. The van der Waals surface area contributed by atoms with Gasteiger partial charge in [-0.3, -0.25) is 9.69 Å². The Bertz CT molecular complexity index is 1260. The van der Waals surface area contributed by atoms with Gasteiger partial charge in [0.05, 0.1) is 12.1 Å². The molecule has 2 aromatic carbocycles. The first kappa shape index (κ1) is 21.6. The molecule has 33 heavy (non-hydrogen) atoms. The summed E-state index contributed by atoms with van der Waals surface area (Å²) < 4.78 is 33.6. The predicted molar refractivity (Wildman–Crippen MR) is 124 cm³/mol. The average Bonchev–Trinajstić information content (AvgIpc) is 3.41. The standard InChI is InChI=1S/C26H27F2N3O2/c1-2-31(26(32)24-13-21-22(28)11-19(27)12-23(21)29-24)15-17-6-5-9-30(14-17)16-20-10-18-7-3-4-8-25(18)33-20/h3-4,7-8,10-13,17,29H,2,5-6,9,14-16H2,1H3. The number of halogens is 2. The minimum absolute atomic E-state index is 0.192. The van der Waals surface area contributed by atoms with E-state index in [2.05, 4.69) is 22.0 Å². The first-order valence-corrected chi connectivity index (χ1v) is 11.5. The van der Waals surface area contributed by atoms with Crippen LogP contribution < -0.4 is 0 Å². The van der Waals surface area contributed by atoms with Gasteiger partial charge in [-0.15, -0.1) is 0 Å². The van der Waals surface area contributed by atoms with Gasteiger partial charge in [-0.2, -0.15) is 0 Å². The Balaban J connectivity index is 1.26. The maximum absolute atomic E-state index is 14.1. The Labute approximate surface area is 191 Å². The summed E-state index contributed by atoms with van der Waals surface area (Å²) in [6.07, 6.45) is 2.11. The minimum Gasteiger partial charge on any atom is -0.460 e. The van der Waals surface area contributed by atoms with Gasteiger partial charge in [0.1, 0.15) is 28.7 Å². The van der Waals surface area contributed by atoms with Crippen molar-refractivity contribution in [3.8, 4) is 0 Å². The van der Waals surface area contributed by atoms with Crippen LogP contribution in [0.5, 0.6) is 0 Å². The number of nitrogens with zero attached hydrogens (tertiary/aromatic N) is 2. The van der Waals surface area contributed by atoms with Gasteiger partial charge < -0.3 is 14.3 Å². The van der Waals surface area contributed by atoms with Crippen LogP contribution in [0.3, 0.4) is 0 Å². The number of piperidine rings is 1. The summed E-state index contributed by atoms with van der Waals surface area (Å²) in [5.41, 5.74) is 1.48. The largest absolute Gasteiger partial charge is 0.460 e. The Morgan fingerprint density at radius 1 is 1.21 bits per heavy atom. The van der Waals surface area contributed by atoms with E-state index in [-0.39, 0.29) is 17.0 Å². The van der Waals surface area contributed by atoms with Crippen LogP contribution in [0.25, 0.3) is 21.9 Å². The van der Waals surface area contributed by atoms with Gasteiger partial charge >= 0.3 is 0 Å². The van der Waals surface area contributed by atoms with E-state index in [1.807, 2.05) is 25.1 Å². The van der Waals surface area contributed by atoms with Crippen molar-refractivity contribution >= 4 is 27.8 Å². The van der Waals surface area contributed by atoms with Crippen LogP contribution in [0.15, 0.2) is 52.9 Å². The summed E-state index contributed by atoms with van der Waals surface area (Å²) in [5, 5.41) is 1.34. The summed E-state index contributed by atoms with van der Waals surface area (Å²) in [7, 11) is 0. The van der Waals surface area contributed by atoms with Crippen LogP contribution in [0.4, 0.5) is 8.78 Å². The molecule has 5 nitrogen and oxygen atoms in total. The van der Waals surface area contributed by atoms with Crippen LogP contribution in [0.2, 0.25) is 0 Å². The SMILES string of the molecule is CCN(CC1CCCN(Cc2cc3ccccc3o2)C1)C(=O)c1cc2c(F)cc(F)cc2[nH]1. The maximum atomic E-state index is 14.1. The van der Waals surface area contributed by atoms with E-state index < -0.39 is 11.6 Å². The number of benzene rings is 2. The molecule has 4 aromatic rings. The summed E-state index contributed by atoms with van der Waals surface area (Å²) >= 11 is 0. The van der Waals surface area contributed by atoms with Crippen LogP contribution in [-0.2, 0) is 6.54 Å². The lowest BCUT2D eigenvalue weighted by molar-refractivity contribution is 0.0676. The lowest BCUT2D eigenvalue weighted by Gasteiger charge is -2.35. The molecule has 0 saturated carbocycles. The van der Waals surface area contributed by atoms with E-state index >= 15 is 0 Å². The molecule has 3 heterocycles. The second-order valence-corrected chi connectivity index (χ2v) is 8.87. The number of nitrogens with one attached hydrogen (secondary N) is 1. The summed E-state index contributed by atoms with van der Waals surface area (Å²) in [4.78, 5) is 20.2. The quantitative estimate of drug-likeness (QED) is 0.417. The number of carbonyl (C=O) groups excluding carboxylic acids is 1. The number of likely N-dealkylation sites (tertiary alicyclic amines) is 1. The van der Waals surface area contributed by atoms with Gasteiger partial charge in [0, 0.05) is 36.5 Å². The zero-order valence-corrected chi connectivity index (χ0v) is 18.6. The summed E-state index contributed by atoms with van der Waals surface area (Å²) in [5.74, 6) is -0.238. The van der Waals surface area contributed by atoms with Crippen molar-refractivity contribution in [1.29, 1.82) is 0 Å². The van der Waals surface area contributed by atoms with Crippen molar-refractivity contribution in [2.24, 2.45) is 5.92 Å². The van der Waals surface area contributed by atoms with Crippen LogP contribution in [0, 0.1) is 17.6 Å². The summed E-state index contributed by atoms with van der Waals surface area (Å²) in [6.45, 7) is 5.74. The lowest BCUT2D eigenvalue weighted by atomic mass is 9.97. The van der Waals surface area contributed by atoms with Gasteiger partial charge in [-0.25, -0.2) is 8.78 Å². The molecule has 1 atom stereocenters. The second kappa shape index (κ2) is 8.98. The number of hydrogen-bond donors (Lipinski definition) is 1. The molecule has 0 spiro atoms. The molecule has 5 rings (SSSR count). The molecule has 172 valence electrons. The van der Waals surface area contributed by atoms with Gasteiger partial charge in [-0.05, 0) is 56.5 Å². The third-order valence-corrected chi connectivity index (χ3v) is 6.49. The van der Waals surface area contributed by atoms with Crippen molar-refractivity contribution in [1.82, 2.24) is 14.8 Å². The zero-order valence-electron chi connectivity index (χ0n) is 18.6. The highest BCUT2D eigenvalue weighted by molar-refractivity contribution is 5.98. The van der Waals surface area contributed by atoms with Crippen molar-refractivity contribution in [2.75, 3.05) is 26.2 Å². The van der Waals surface area contributed by atoms with Crippen LogP contribution >= 0.6 is 0 Å². The Kier molecular flexibility index (Phi) is 5.89. The Hall–Kier alpha value is -3.19. The van der Waals surface area contributed by atoms with E-state index in [9.17, 15) is 13.6 Å². The van der Waals surface area contributed by atoms with Crippen LogP contribution in [-0.4, -0.2) is 46.9 Å². The molecule has 1 N–H and O–H groups in total. The van der Waals surface area contributed by atoms with Crippen LogP contribution in [0.1, 0.15) is 36.0 Å². The first-order valence-electron chi connectivity index (χ1n) is 11.5. The highest BCUT2D eigenvalue weighted by atomic mass is 19.1. The molecule has 1 aliphatic rings. The molecule has 1 saturated heterocycles. The number of H-pyrrole nitrogens is 1. The molecule has 1 fully saturated rings. The van der Waals surface area contributed by atoms with Crippen molar-refractivity contribution in [3.05, 3.63) is 71.6 Å². The number of amides is 1. The van der Waals surface area contributed by atoms with E-state index in [4.69, 9.17) is 4.42 Å². The number of fused-ring (bicyclic) bond motifs is 2. The number of carbonyl (C=O) groups is 1. The number of furan rings is 1. The molecule has 1 unspecified atom stereocenters. The van der Waals surface area contributed by atoms with Gasteiger partial charge in [0.2, 0.25) is 0 Å². The second-order valence-electron chi connectivity index (χ2n) is 8.87. The van der Waals surface area contributed by atoms with E-state index in [1.54, 1.807) is 4.90 Å². The Morgan fingerprint density at radius 3 is 2.88 bits per heavy atom. The highest BCUT2D eigenvalue weighted by Crippen LogP contribution is 2.25. The average molecular weight is 452 g/mol. The molecule has 7 heteroatoms. The number of aromatic nitrogens is 1. The first-order chi connectivity index (χ1) is 16.0. The molecule has 2 aromatic heterocycles. The van der Waals surface area contributed by atoms with E-state index in [1.165, 1.54) is 12.1 Å².